The molecule has 0 atom stereocenters. The van der Waals surface area contributed by atoms with Crippen LogP contribution in [0, 0.1) is 0 Å². The zero-order valence-electron chi connectivity index (χ0n) is 11.5. The Hall–Kier alpha value is -2.03. The van der Waals surface area contributed by atoms with Crippen molar-refractivity contribution in [2.24, 2.45) is 5.73 Å². The van der Waals surface area contributed by atoms with Crippen molar-refractivity contribution in [2.75, 3.05) is 13.7 Å². The van der Waals surface area contributed by atoms with Gasteiger partial charge in [-0.3, -0.25) is 4.79 Å². The first-order valence-corrected chi connectivity index (χ1v) is 5.99. The molecule has 0 fully saturated rings. The molecular formula is C12H15F3N2O4. The monoisotopic (exact) mass is 308 g/mol. The Morgan fingerprint density at radius 1 is 1.43 bits per heavy atom. The quantitative estimate of drug-likeness (QED) is 0.803. The van der Waals surface area contributed by atoms with Crippen molar-refractivity contribution >= 4 is 5.97 Å². The molecule has 0 saturated heterocycles. The van der Waals surface area contributed by atoms with Gasteiger partial charge in [0.2, 0.25) is 0 Å². The highest BCUT2D eigenvalue weighted by Crippen LogP contribution is 2.32. The topological polar surface area (TPSA) is 83.7 Å². The molecule has 1 aromatic heterocycles. The number of hydrogen-bond acceptors (Lipinski definition) is 6. The van der Waals surface area contributed by atoms with Crippen LogP contribution >= 0.6 is 0 Å². The van der Waals surface area contributed by atoms with Crippen molar-refractivity contribution in [3.63, 3.8) is 0 Å². The molecule has 0 spiro atoms. The molecule has 1 rings (SSSR count). The van der Waals surface area contributed by atoms with Gasteiger partial charge >= 0.3 is 12.3 Å². The van der Waals surface area contributed by atoms with Crippen LogP contribution in [0.1, 0.15) is 18.2 Å². The zero-order valence-corrected chi connectivity index (χ0v) is 11.5. The normalized spacial score (nSPS) is 11.1. The van der Waals surface area contributed by atoms with E-state index in [0.717, 1.165) is 7.11 Å². The maximum atomic E-state index is 12.3. The minimum absolute atomic E-state index is 0.100. The highest BCUT2D eigenvalue weighted by molar-refractivity contribution is 5.73. The fourth-order valence-corrected chi connectivity index (χ4v) is 1.58. The Morgan fingerprint density at radius 3 is 2.57 bits per heavy atom. The lowest BCUT2D eigenvalue weighted by molar-refractivity contribution is -0.276. The van der Waals surface area contributed by atoms with Gasteiger partial charge in [-0.2, -0.15) is 0 Å². The number of aromatic nitrogens is 1. The number of ether oxygens (including phenoxy) is 3. The first-order chi connectivity index (χ1) is 9.80. The van der Waals surface area contributed by atoms with Crippen LogP contribution in [0.25, 0.3) is 0 Å². The molecule has 1 heterocycles. The minimum Gasteiger partial charge on any atom is -0.491 e. The maximum absolute atomic E-state index is 12.3. The summed E-state index contributed by atoms with van der Waals surface area (Å²) in [7, 11) is 1.16. The number of esters is 1. The number of nitrogens with zero attached hydrogens (tertiary/aromatic N) is 1. The molecule has 6 nitrogen and oxygen atoms in total. The van der Waals surface area contributed by atoms with Crippen molar-refractivity contribution < 1.29 is 32.2 Å². The molecule has 0 aliphatic heterocycles. The van der Waals surface area contributed by atoms with Crippen LogP contribution in [0.5, 0.6) is 11.6 Å². The fraction of sp³-hybridized carbons (Fsp3) is 0.500. The maximum Gasteiger partial charge on any atom is 0.574 e. The van der Waals surface area contributed by atoms with Crippen LogP contribution in [-0.4, -0.2) is 31.0 Å². The van der Waals surface area contributed by atoms with Crippen molar-refractivity contribution in [2.45, 2.75) is 26.3 Å². The fourth-order valence-electron chi connectivity index (χ4n) is 1.58. The summed E-state index contributed by atoms with van der Waals surface area (Å²) >= 11 is 0. The Kier molecular flexibility index (Phi) is 5.77. The highest BCUT2D eigenvalue weighted by atomic mass is 19.4. The van der Waals surface area contributed by atoms with E-state index in [0.29, 0.717) is 5.56 Å². The average Bonchev–Trinajstić information content (AvgIpc) is 2.38. The molecule has 0 aliphatic carbocycles. The molecule has 2 N–H and O–H groups in total. The van der Waals surface area contributed by atoms with Crippen LogP contribution in [0.2, 0.25) is 0 Å². The Bertz CT molecular complexity index is 506. The number of alkyl halides is 3. The molecular weight excluding hydrogens is 293 g/mol. The number of hydrogen-bond donors (Lipinski definition) is 1. The minimum atomic E-state index is -4.91. The summed E-state index contributed by atoms with van der Waals surface area (Å²) in [5, 5.41) is 0. The second-order valence-corrected chi connectivity index (χ2v) is 3.84. The van der Waals surface area contributed by atoms with Crippen LogP contribution in [0.3, 0.4) is 0 Å². The number of methoxy groups -OCH3 is 1. The van der Waals surface area contributed by atoms with E-state index in [4.69, 9.17) is 15.2 Å². The van der Waals surface area contributed by atoms with Crippen molar-refractivity contribution in [1.82, 2.24) is 4.98 Å². The van der Waals surface area contributed by atoms with E-state index in [2.05, 4.69) is 9.72 Å². The lowest BCUT2D eigenvalue weighted by Gasteiger charge is -2.15. The number of nitrogens with two attached hydrogens (primary N) is 1. The lowest BCUT2D eigenvalue weighted by Crippen LogP contribution is -2.20. The predicted octanol–water partition coefficient (Wildman–Crippen LogP) is 1.55. The van der Waals surface area contributed by atoms with Gasteiger partial charge in [0.15, 0.2) is 5.75 Å². The van der Waals surface area contributed by atoms with E-state index in [1.165, 1.54) is 6.07 Å². The first kappa shape index (κ1) is 17.0. The van der Waals surface area contributed by atoms with Gasteiger partial charge in [-0.1, -0.05) is 0 Å². The van der Waals surface area contributed by atoms with E-state index in [1.807, 2.05) is 0 Å². The van der Waals surface area contributed by atoms with E-state index in [-0.39, 0.29) is 31.0 Å². The third-order valence-corrected chi connectivity index (χ3v) is 2.39. The highest BCUT2D eigenvalue weighted by Gasteiger charge is 2.34. The van der Waals surface area contributed by atoms with Crippen LogP contribution in [-0.2, 0) is 22.5 Å². The molecule has 0 radical (unpaired) electrons. The van der Waals surface area contributed by atoms with Crippen LogP contribution in [0.15, 0.2) is 6.07 Å². The van der Waals surface area contributed by atoms with Gasteiger partial charge in [0.1, 0.15) is 0 Å². The molecule has 0 bridgehead atoms. The molecule has 21 heavy (non-hydrogen) atoms. The van der Waals surface area contributed by atoms with E-state index in [9.17, 15) is 18.0 Å². The van der Waals surface area contributed by atoms with Crippen LogP contribution < -0.4 is 15.2 Å². The summed E-state index contributed by atoms with van der Waals surface area (Å²) < 4.78 is 50.2. The summed E-state index contributed by atoms with van der Waals surface area (Å²) in [5.74, 6) is -1.54. The molecule has 1 aromatic rings. The van der Waals surface area contributed by atoms with E-state index in [1.54, 1.807) is 6.92 Å². The largest absolute Gasteiger partial charge is 0.574 e. The Labute approximate surface area is 119 Å². The average molecular weight is 308 g/mol. The standard InChI is InChI=1S/C12H15F3N2O4/c1-3-20-10(18)5-7-4-9(19-2)11(17-8(7)6-16)21-12(13,14)15/h4H,3,5-6,16H2,1-2H3. The van der Waals surface area contributed by atoms with Crippen LogP contribution in [0.4, 0.5) is 13.2 Å². The number of rotatable bonds is 6. The second-order valence-electron chi connectivity index (χ2n) is 3.84. The van der Waals surface area contributed by atoms with E-state index >= 15 is 0 Å². The SMILES string of the molecule is CCOC(=O)Cc1cc(OC)c(OC(F)(F)F)nc1CN. The number of halogens is 3. The zero-order chi connectivity index (χ0) is 16.0. The van der Waals surface area contributed by atoms with Crippen molar-refractivity contribution in [1.29, 1.82) is 0 Å². The molecule has 0 saturated carbocycles. The number of carbonyl (C=O) groups excluding carboxylic acids is 1. The molecule has 118 valence electrons. The third-order valence-electron chi connectivity index (χ3n) is 2.39. The van der Waals surface area contributed by atoms with Crippen molar-refractivity contribution in [3.05, 3.63) is 17.3 Å². The number of carbonyl (C=O) groups is 1. The van der Waals surface area contributed by atoms with Crippen molar-refractivity contribution in [3.8, 4) is 11.6 Å². The summed E-state index contributed by atoms with van der Waals surface area (Å²) in [6, 6.07) is 1.23. The molecule has 9 heteroatoms. The van der Waals surface area contributed by atoms with Gasteiger partial charge in [0.25, 0.3) is 5.88 Å². The summed E-state index contributed by atoms with van der Waals surface area (Å²) in [6.07, 6.45) is -5.08. The van der Waals surface area contributed by atoms with Gasteiger partial charge in [0.05, 0.1) is 25.8 Å². The van der Waals surface area contributed by atoms with Gasteiger partial charge in [0, 0.05) is 6.54 Å². The predicted molar refractivity (Wildman–Crippen MR) is 65.7 cm³/mol. The van der Waals surface area contributed by atoms with Gasteiger partial charge in [-0.05, 0) is 18.6 Å². The second kappa shape index (κ2) is 7.11. The van der Waals surface area contributed by atoms with E-state index < -0.39 is 18.2 Å². The summed E-state index contributed by atoms with van der Waals surface area (Å²) in [5.41, 5.74) is 5.85. The molecule has 0 unspecified atom stereocenters. The first-order valence-electron chi connectivity index (χ1n) is 5.99. The lowest BCUT2D eigenvalue weighted by atomic mass is 10.1. The molecule has 0 aromatic carbocycles. The number of pyridine rings is 1. The van der Waals surface area contributed by atoms with Gasteiger partial charge in [-0.25, -0.2) is 4.98 Å². The third kappa shape index (κ3) is 5.10. The van der Waals surface area contributed by atoms with Gasteiger partial charge in [-0.15, -0.1) is 13.2 Å². The summed E-state index contributed by atoms with van der Waals surface area (Å²) in [6.45, 7) is 1.67. The smallest absolute Gasteiger partial charge is 0.491 e. The Balaban J connectivity index is 3.13. The van der Waals surface area contributed by atoms with Gasteiger partial charge < -0.3 is 19.9 Å². The molecule has 0 aliphatic rings. The Morgan fingerprint density at radius 2 is 2.10 bits per heavy atom. The molecule has 0 amide bonds. The summed E-state index contributed by atoms with van der Waals surface area (Å²) in [4.78, 5) is 15.1.